The van der Waals surface area contributed by atoms with E-state index in [2.05, 4.69) is 31.2 Å². The van der Waals surface area contributed by atoms with Crippen molar-refractivity contribution in [3.63, 3.8) is 0 Å². The minimum atomic E-state index is -0.930. The van der Waals surface area contributed by atoms with Crippen LogP contribution in [-0.2, 0) is 6.54 Å². The molecule has 4 nitrogen and oxygen atoms in total. The highest BCUT2D eigenvalue weighted by Crippen LogP contribution is 2.35. The zero-order valence-electron chi connectivity index (χ0n) is 11.6. The molecule has 1 saturated heterocycles. The van der Waals surface area contributed by atoms with E-state index in [-0.39, 0.29) is 5.92 Å². The van der Waals surface area contributed by atoms with Gasteiger partial charge in [-0.1, -0.05) is 0 Å². The van der Waals surface area contributed by atoms with Crippen LogP contribution in [0.4, 0.5) is 4.39 Å². The van der Waals surface area contributed by atoms with Crippen LogP contribution in [0.1, 0.15) is 24.7 Å². The molecule has 1 unspecified atom stereocenters. The van der Waals surface area contributed by atoms with Gasteiger partial charge in [0.25, 0.3) is 0 Å². The Labute approximate surface area is 122 Å². The second kappa shape index (κ2) is 6.81. The highest BCUT2D eigenvalue weighted by atomic mass is 79.9. The van der Waals surface area contributed by atoms with Crippen molar-refractivity contribution in [2.24, 2.45) is 5.92 Å². The number of halogens is 2. The fourth-order valence-corrected chi connectivity index (χ4v) is 2.99. The molecule has 0 amide bonds. The minimum absolute atomic E-state index is 0.104. The molecule has 1 aliphatic rings. The van der Waals surface area contributed by atoms with Crippen LogP contribution < -0.4 is 5.32 Å². The topological polar surface area (TPSA) is 33.1 Å². The lowest BCUT2D eigenvalue weighted by Gasteiger charge is -2.26. The van der Waals surface area contributed by atoms with Gasteiger partial charge in [0.05, 0.1) is 22.9 Å². The van der Waals surface area contributed by atoms with Gasteiger partial charge >= 0.3 is 0 Å². The monoisotopic (exact) mass is 332 g/mol. The van der Waals surface area contributed by atoms with E-state index in [9.17, 15) is 4.39 Å². The van der Waals surface area contributed by atoms with Crippen molar-refractivity contribution in [3.8, 4) is 0 Å². The first-order valence-electron chi connectivity index (χ1n) is 6.80. The third kappa shape index (κ3) is 3.77. The maximum atomic E-state index is 14.8. The first kappa shape index (κ1) is 14.9. The summed E-state index contributed by atoms with van der Waals surface area (Å²) in [7, 11) is 4.02. The third-order valence-corrected chi connectivity index (χ3v) is 4.26. The lowest BCUT2D eigenvalue weighted by atomic mass is 9.91. The molecule has 0 aromatic carbocycles. The molecule has 1 atom stereocenters. The highest BCUT2D eigenvalue weighted by Gasteiger charge is 2.29. The molecule has 1 aromatic rings. The smallest absolute Gasteiger partial charge is 0.146 e. The molecule has 0 bridgehead atoms. The van der Waals surface area contributed by atoms with Gasteiger partial charge in [-0.3, -0.25) is 4.68 Å². The summed E-state index contributed by atoms with van der Waals surface area (Å²) in [5.41, 5.74) is 0.703. The SMILES string of the molecule is CN(C)CCn1ncc(Br)c1C(F)C1CCNCC1. The summed E-state index contributed by atoms with van der Waals surface area (Å²) in [5, 5.41) is 7.57. The standard InChI is InChI=1S/C13H22BrFN4/c1-18(2)7-8-19-13(11(14)9-17-19)12(15)10-3-5-16-6-4-10/h9-10,12,16H,3-8H2,1-2H3. The normalized spacial score (nSPS) is 19.0. The average molecular weight is 333 g/mol. The fourth-order valence-electron chi connectivity index (χ4n) is 2.48. The number of hydrogen-bond acceptors (Lipinski definition) is 3. The number of rotatable bonds is 5. The van der Waals surface area contributed by atoms with Gasteiger partial charge in [0, 0.05) is 6.54 Å². The van der Waals surface area contributed by atoms with Crippen LogP contribution in [0.5, 0.6) is 0 Å². The summed E-state index contributed by atoms with van der Waals surface area (Å²) < 4.78 is 17.4. The molecule has 1 fully saturated rings. The largest absolute Gasteiger partial charge is 0.317 e. The summed E-state index contributed by atoms with van der Waals surface area (Å²) >= 11 is 3.44. The lowest BCUT2D eigenvalue weighted by molar-refractivity contribution is 0.177. The van der Waals surface area contributed by atoms with Crippen LogP contribution in [0.15, 0.2) is 10.7 Å². The van der Waals surface area contributed by atoms with Gasteiger partial charge in [-0.15, -0.1) is 0 Å². The summed E-state index contributed by atoms with van der Waals surface area (Å²) in [4.78, 5) is 2.08. The molecular formula is C13H22BrFN4. The number of alkyl halides is 1. The molecule has 2 heterocycles. The van der Waals surface area contributed by atoms with E-state index in [1.54, 1.807) is 10.9 Å². The molecule has 1 aliphatic heterocycles. The summed E-state index contributed by atoms with van der Waals surface area (Å²) in [6, 6.07) is 0. The number of nitrogens with one attached hydrogen (secondary N) is 1. The first-order chi connectivity index (χ1) is 9.09. The highest BCUT2D eigenvalue weighted by molar-refractivity contribution is 9.10. The van der Waals surface area contributed by atoms with E-state index >= 15 is 0 Å². The Kier molecular flexibility index (Phi) is 5.36. The Bertz CT molecular complexity index is 401. The molecule has 0 spiro atoms. The maximum Gasteiger partial charge on any atom is 0.146 e. The van der Waals surface area contributed by atoms with Gasteiger partial charge in [-0.25, -0.2) is 4.39 Å². The Morgan fingerprint density at radius 3 is 2.84 bits per heavy atom. The van der Waals surface area contributed by atoms with Crippen molar-refractivity contribution in [3.05, 3.63) is 16.4 Å². The summed E-state index contributed by atoms with van der Waals surface area (Å²) in [6.07, 6.45) is 2.57. The second-order valence-corrected chi connectivity index (χ2v) is 6.25. The zero-order chi connectivity index (χ0) is 13.8. The molecule has 0 aliphatic carbocycles. The fraction of sp³-hybridized carbons (Fsp3) is 0.769. The maximum absolute atomic E-state index is 14.8. The third-order valence-electron chi connectivity index (χ3n) is 3.65. The quantitative estimate of drug-likeness (QED) is 0.897. The lowest BCUT2D eigenvalue weighted by Crippen LogP contribution is -2.31. The first-order valence-corrected chi connectivity index (χ1v) is 7.59. The molecule has 0 radical (unpaired) electrons. The second-order valence-electron chi connectivity index (χ2n) is 5.39. The van der Waals surface area contributed by atoms with Crippen LogP contribution in [0.2, 0.25) is 0 Å². The van der Waals surface area contributed by atoms with E-state index in [0.717, 1.165) is 43.5 Å². The van der Waals surface area contributed by atoms with Crippen molar-refractivity contribution < 1.29 is 4.39 Å². The zero-order valence-corrected chi connectivity index (χ0v) is 13.2. The van der Waals surface area contributed by atoms with E-state index in [1.165, 1.54) is 0 Å². The Hall–Kier alpha value is -0.460. The number of hydrogen-bond donors (Lipinski definition) is 1. The van der Waals surface area contributed by atoms with Crippen molar-refractivity contribution in [1.82, 2.24) is 20.0 Å². The number of likely N-dealkylation sites (N-methyl/N-ethyl adjacent to an activating group) is 1. The molecule has 1 aromatic heterocycles. The Balaban J connectivity index is 2.10. The van der Waals surface area contributed by atoms with E-state index in [4.69, 9.17) is 0 Å². The van der Waals surface area contributed by atoms with Crippen molar-refractivity contribution in [1.29, 1.82) is 0 Å². The van der Waals surface area contributed by atoms with Crippen LogP contribution in [0.25, 0.3) is 0 Å². The van der Waals surface area contributed by atoms with Gasteiger partial charge in [-0.2, -0.15) is 5.10 Å². The molecular weight excluding hydrogens is 311 g/mol. The van der Waals surface area contributed by atoms with Crippen LogP contribution in [0, 0.1) is 5.92 Å². The summed E-state index contributed by atoms with van der Waals surface area (Å²) in [6.45, 7) is 3.41. The predicted octanol–water partition coefficient (Wildman–Crippen LogP) is 2.22. The number of piperidine rings is 1. The molecule has 19 heavy (non-hydrogen) atoms. The number of aromatic nitrogens is 2. The van der Waals surface area contributed by atoms with Crippen LogP contribution in [0.3, 0.4) is 0 Å². The van der Waals surface area contributed by atoms with Gasteiger partial charge in [0.1, 0.15) is 6.17 Å². The summed E-state index contributed by atoms with van der Waals surface area (Å²) in [5.74, 6) is 0.104. The Morgan fingerprint density at radius 1 is 1.53 bits per heavy atom. The average Bonchev–Trinajstić information content (AvgIpc) is 2.78. The molecule has 6 heteroatoms. The molecule has 0 saturated carbocycles. The molecule has 2 rings (SSSR count). The van der Waals surface area contributed by atoms with Gasteiger partial charge < -0.3 is 10.2 Å². The van der Waals surface area contributed by atoms with E-state index < -0.39 is 6.17 Å². The van der Waals surface area contributed by atoms with Crippen LogP contribution >= 0.6 is 15.9 Å². The van der Waals surface area contributed by atoms with Crippen LogP contribution in [-0.4, -0.2) is 48.4 Å². The van der Waals surface area contributed by atoms with Gasteiger partial charge in [0.15, 0.2) is 0 Å². The van der Waals surface area contributed by atoms with E-state index in [0.29, 0.717) is 5.69 Å². The van der Waals surface area contributed by atoms with Gasteiger partial charge in [-0.05, 0) is 61.9 Å². The van der Waals surface area contributed by atoms with Crippen molar-refractivity contribution in [2.45, 2.75) is 25.6 Å². The predicted molar refractivity (Wildman–Crippen MR) is 77.9 cm³/mol. The minimum Gasteiger partial charge on any atom is -0.317 e. The van der Waals surface area contributed by atoms with Crippen molar-refractivity contribution in [2.75, 3.05) is 33.7 Å². The van der Waals surface area contributed by atoms with Gasteiger partial charge in [0.2, 0.25) is 0 Å². The van der Waals surface area contributed by atoms with E-state index in [1.807, 2.05) is 14.1 Å². The molecule has 108 valence electrons. The van der Waals surface area contributed by atoms with Crippen molar-refractivity contribution >= 4 is 15.9 Å². The number of nitrogens with zero attached hydrogens (tertiary/aromatic N) is 3. The Morgan fingerprint density at radius 2 is 2.21 bits per heavy atom. The molecule has 1 N–H and O–H groups in total.